The lowest BCUT2D eigenvalue weighted by Gasteiger charge is -2.21. The first kappa shape index (κ1) is 20.6. The van der Waals surface area contributed by atoms with Crippen molar-refractivity contribution in [2.75, 3.05) is 0 Å². The van der Waals surface area contributed by atoms with Crippen molar-refractivity contribution >= 4 is 22.2 Å². The van der Waals surface area contributed by atoms with Crippen LogP contribution in [-0.2, 0) is 0 Å². The van der Waals surface area contributed by atoms with Gasteiger partial charge in [-0.05, 0) is 62.1 Å². The van der Waals surface area contributed by atoms with E-state index < -0.39 is 6.04 Å². The van der Waals surface area contributed by atoms with Crippen LogP contribution in [0.1, 0.15) is 40.3 Å². The topological polar surface area (TPSA) is 81.3 Å². The van der Waals surface area contributed by atoms with Gasteiger partial charge in [-0.3, -0.25) is 14.2 Å². The number of aryl methyl sites for hydroxylation is 2. The Hall–Kier alpha value is -4.26. The fraction of sp³-hybridized carbons (Fsp3) is 0.154. The summed E-state index contributed by atoms with van der Waals surface area (Å²) >= 11 is 0. The van der Waals surface area contributed by atoms with Crippen LogP contribution in [0.4, 0.5) is 0 Å². The van der Waals surface area contributed by atoms with E-state index in [9.17, 15) is 9.59 Å². The van der Waals surface area contributed by atoms with Crippen LogP contribution in [0.15, 0.2) is 77.7 Å². The van der Waals surface area contributed by atoms with Gasteiger partial charge in [-0.25, -0.2) is 0 Å². The number of para-hydroxylation sites is 1. The van der Waals surface area contributed by atoms with Crippen LogP contribution in [0.25, 0.3) is 22.0 Å². The highest BCUT2D eigenvalue weighted by molar-refractivity contribution is 6.02. The van der Waals surface area contributed by atoms with E-state index in [2.05, 4.69) is 15.5 Å². The van der Waals surface area contributed by atoms with Gasteiger partial charge in [-0.15, -0.1) is 0 Å². The molecule has 0 spiro atoms. The number of rotatable bonds is 4. The van der Waals surface area contributed by atoms with Crippen LogP contribution in [-0.4, -0.2) is 25.3 Å². The van der Waals surface area contributed by atoms with Crippen LogP contribution in [0.3, 0.4) is 0 Å². The third-order valence-electron chi connectivity index (χ3n) is 5.91. The summed E-state index contributed by atoms with van der Waals surface area (Å²) in [6.45, 7) is 5.60. The van der Waals surface area contributed by atoms with Gasteiger partial charge in [0.2, 0.25) is 0 Å². The summed E-state index contributed by atoms with van der Waals surface area (Å²) in [5.74, 6) is -0.264. The van der Waals surface area contributed by atoms with Gasteiger partial charge in [0.05, 0.1) is 22.7 Å². The summed E-state index contributed by atoms with van der Waals surface area (Å²) in [5.41, 5.74) is 3.96. The molecule has 1 N–H and O–H groups in total. The van der Waals surface area contributed by atoms with Gasteiger partial charge in [0.1, 0.15) is 5.52 Å². The van der Waals surface area contributed by atoms with Crippen LogP contribution in [0.5, 0.6) is 0 Å². The van der Waals surface area contributed by atoms with Crippen molar-refractivity contribution in [3.63, 3.8) is 0 Å². The fourth-order valence-electron chi connectivity index (χ4n) is 4.35. The van der Waals surface area contributed by atoms with Gasteiger partial charge in [-0.1, -0.05) is 36.4 Å². The van der Waals surface area contributed by atoms with E-state index in [1.54, 1.807) is 23.8 Å². The molecule has 33 heavy (non-hydrogen) atoms. The third kappa shape index (κ3) is 3.47. The fourth-order valence-corrected chi connectivity index (χ4v) is 4.35. The molecule has 1 amide bonds. The lowest BCUT2D eigenvalue weighted by atomic mass is 10.0. The molecule has 0 radical (unpaired) electrons. The summed E-state index contributed by atoms with van der Waals surface area (Å²) in [7, 11) is 0. The monoisotopic (exact) mass is 437 g/mol. The van der Waals surface area contributed by atoms with Gasteiger partial charge < -0.3 is 5.32 Å². The van der Waals surface area contributed by atoms with Crippen molar-refractivity contribution in [2.24, 2.45) is 0 Å². The van der Waals surface area contributed by atoms with Crippen molar-refractivity contribution in [3.05, 3.63) is 106 Å². The maximum Gasteiger partial charge on any atom is 0.263 e. The highest BCUT2D eigenvalue weighted by Crippen LogP contribution is 2.24. The number of hydrogen-bond donors (Lipinski definition) is 1. The van der Waals surface area contributed by atoms with E-state index in [1.165, 1.54) is 4.63 Å². The van der Waals surface area contributed by atoms with Gasteiger partial charge in [0.25, 0.3) is 11.5 Å². The number of amides is 1. The van der Waals surface area contributed by atoms with E-state index in [1.807, 2.05) is 74.5 Å². The van der Waals surface area contributed by atoms with Crippen molar-refractivity contribution in [3.8, 4) is 5.69 Å². The predicted octanol–water partition coefficient (Wildman–Crippen LogP) is 4.14. The molecular formula is C26H23N5O2. The Morgan fingerprint density at radius 1 is 1.00 bits per heavy atom. The maximum absolute atomic E-state index is 13.6. The van der Waals surface area contributed by atoms with Crippen molar-refractivity contribution in [1.82, 2.24) is 24.7 Å². The number of carbonyl (C=O) groups excluding carboxylic acids is 1. The smallest absolute Gasteiger partial charge is 0.263 e. The second-order valence-electron chi connectivity index (χ2n) is 8.14. The molecule has 0 aliphatic heterocycles. The summed E-state index contributed by atoms with van der Waals surface area (Å²) in [6, 6.07) is 20.4. The van der Waals surface area contributed by atoms with Crippen LogP contribution < -0.4 is 10.9 Å². The Labute approximate surface area is 190 Å². The Balaban J connectivity index is 1.64. The van der Waals surface area contributed by atoms with Gasteiger partial charge in [0.15, 0.2) is 0 Å². The lowest BCUT2D eigenvalue weighted by molar-refractivity contribution is 0.0939. The van der Waals surface area contributed by atoms with E-state index >= 15 is 0 Å². The molecule has 164 valence electrons. The Morgan fingerprint density at radius 2 is 1.79 bits per heavy atom. The number of benzene rings is 2. The number of hydrogen-bond acceptors (Lipinski definition) is 4. The molecule has 1 atom stereocenters. The number of carbonyl (C=O) groups is 1. The zero-order valence-electron chi connectivity index (χ0n) is 18.6. The first-order valence-electron chi connectivity index (χ1n) is 10.8. The summed E-state index contributed by atoms with van der Waals surface area (Å²) < 4.78 is 3.14. The Morgan fingerprint density at radius 3 is 2.58 bits per heavy atom. The highest BCUT2D eigenvalue weighted by atomic mass is 16.2. The highest BCUT2D eigenvalue weighted by Gasteiger charge is 2.22. The molecule has 0 unspecified atom stereocenters. The second-order valence-corrected chi connectivity index (χ2v) is 8.14. The molecule has 0 aliphatic carbocycles. The van der Waals surface area contributed by atoms with E-state index in [0.29, 0.717) is 27.9 Å². The number of aromatic nitrogens is 4. The number of fused-ring (bicyclic) bond motifs is 2. The zero-order valence-corrected chi connectivity index (χ0v) is 18.6. The van der Waals surface area contributed by atoms with Gasteiger partial charge in [-0.2, -0.15) is 14.8 Å². The lowest BCUT2D eigenvalue weighted by Crippen LogP contribution is -2.32. The molecule has 2 aromatic carbocycles. The van der Waals surface area contributed by atoms with Crippen molar-refractivity contribution < 1.29 is 4.79 Å². The molecule has 0 saturated heterocycles. The first-order valence-corrected chi connectivity index (χ1v) is 10.8. The zero-order chi connectivity index (χ0) is 23.1. The van der Waals surface area contributed by atoms with E-state index in [0.717, 1.165) is 16.6 Å². The normalized spacial score (nSPS) is 12.2. The van der Waals surface area contributed by atoms with Crippen LogP contribution >= 0.6 is 0 Å². The molecular weight excluding hydrogens is 414 g/mol. The largest absolute Gasteiger partial charge is 0.344 e. The summed E-state index contributed by atoms with van der Waals surface area (Å²) in [5, 5.41) is 13.1. The van der Waals surface area contributed by atoms with Crippen LogP contribution in [0.2, 0.25) is 0 Å². The Bertz CT molecular complexity index is 1570. The summed E-state index contributed by atoms with van der Waals surface area (Å²) in [4.78, 5) is 26.9. The molecule has 3 aromatic heterocycles. The quantitative estimate of drug-likeness (QED) is 0.458. The van der Waals surface area contributed by atoms with Gasteiger partial charge in [0, 0.05) is 17.6 Å². The predicted molar refractivity (Wildman–Crippen MR) is 128 cm³/mol. The minimum Gasteiger partial charge on any atom is -0.344 e. The molecule has 0 saturated carbocycles. The maximum atomic E-state index is 13.6. The molecule has 7 nitrogen and oxygen atoms in total. The SMILES string of the molecule is Cc1nn2ncccc2c1C(=O)N[C@@H](C)c1cc2cccc(C)c2c(=O)n1-c1ccccc1. The molecule has 0 fully saturated rings. The number of nitrogens with zero attached hydrogens (tertiary/aromatic N) is 4. The minimum atomic E-state index is -0.443. The second kappa shape index (κ2) is 8.02. The van der Waals surface area contributed by atoms with E-state index in [4.69, 9.17) is 0 Å². The molecule has 3 heterocycles. The third-order valence-corrected chi connectivity index (χ3v) is 5.91. The molecule has 5 rings (SSSR count). The minimum absolute atomic E-state index is 0.107. The number of pyridine rings is 1. The molecule has 0 bridgehead atoms. The standard InChI is InChI=1S/C26H23N5O2/c1-16-9-7-10-19-15-22(30(26(33)23(16)19)20-11-5-4-6-12-20)17(2)28-25(32)24-18(3)29-31-21(24)13-8-14-27-31/h4-15,17H,1-3H3,(H,28,32)/t17-/m0/s1. The van der Waals surface area contributed by atoms with Crippen molar-refractivity contribution in [2.45, 2.75) is 26.8 Å². The van der Waals surface area contributed by atoms with Crippen LogP contribution in [0, 0.1) is 13.8 Å². The Kier molecular flexibility index (Phi) is 5.01. The van der Waals surface area contributed by atoms with Gasteiger partial charge >= 0.3 is 0 Å². The molecule has 5 aromatic rings. The van der Waals surface area contributed by atoms with Crippen molar-refractivity contribution in [1.29, 1.82) is 0 Å². The molecule has 0 aliphatic rings. The van der Waals surface area contributed by atoms with E-state index in [-0.39, 0.29) is 11.5 Å². The average molecular weight is 438 g/mol. The average Bonchev–Trinajstić information content (AvgIpc) is 3.15. The first-order chi connectivity index (χ1) is 16.0. The summed E-state index contributed by atoms with van der Waals surface area (Å²) in [6.07, 6.45) is 1.62. The molecule has 7 heteroatoms. The number of nitrogens with one attached hydrogen (secondary N) is 1.